The molecule has 1 aliphatic heterocycles. The molecule has 0 fully saturated rings. The summed E-state index contributed by atoms with van der Waals surface area (Å²) >= 11 is 6.37. The predicted octanol–water partition coefficient (Wildman–Crippen LogP) is 3.56. The second kappa shape index (κ2) is 6.89. The molecule has 0 saturated carbocycles. The van der Waals surface area contributed by atoms with Gasteiger partial charge in [-0.15, -0.1) is 0 Å². The summed E-state index contributed by atoms with van der Waals surface area (Å²) < 4.78 is 7.69. The Morgan fingerprint density at radius 3 is 2.67 bits per heavy atom. The van der Waals surface area contributed by atoms with Crippen LogP contribution in [0.2, 0.25) is 5.02 Å². The maximum absolute atomic E-state index is 13.2. The van der Waals surface area contributed by atoms with Gasteiger partial charge in [0.05, 0.1) is 28.4 Å². The minimum atomic E-state index is -0.543. The number of carbonyl (C=O) groups is 1. The number of esters is 1. The number of hydrogen-bond acceptors (Lipinski definition) is 4. The Labute approximate surface area is 160 Å². The Balaban J connectivity index is 1.97. The quantitative estimate of drug-likeness (QED) is 0.395. The van der Waals surface area contributed by atoms with Gasteiger partial charge in [-0.05, 0) is 31.2 Å². The predicted molar refractivity (Wildman–Crippen MR) is 102 cm³/mol. The van der Waals surface area contributed by atoms with Crippen LogP contribution in [0.1, 0.15) is 34.2 Å². The minimum Gasteiger partial charge on any atom is -0.623 e. The van der Waals surface area contributed by atoms with Crippen LogP contribution in [0.25, 0.3) is 5.69 Å². The van der Waals surface area contributed by atoms with Crippen LogP contribution in [-0.4, -0.2) is 32.6 Å². The van der Waals surface area contributed by atoms with E-state index in [1.54, 1.807) is 23.9 Å². The zero-order chi connectivity index (χ0) is 19.0. The van der Waals surface area contributed by atoms with Crippen molar-refractivity contribution in [2.45, 2.75) is 13.5 Å². The molecule has 1 aliphatic rings. The summed E-state index contributed by atoms with van der Waals surface area (Å²) in [7, 11) is 0. The number of nitrogens with zero attached hydrogens (tertiary/aromatic N) is 3. The molecule has 0 radical (unpaired) electrons. The van der Waals surface area contributed by atoms with Crippen molar-refractivity contribution in [3.05, 3.63) is 87.6 Å². The van der Waals surface area contributed by atoms with Gasteiger partial charge in [-0.3, -0.25) is 4.57 Å². The van der Waals surface area contributed by atoms with Gasteiger partial charge in [-0.25, -0.2) is 9.78 Å². The molecule has 0 amide bonds. The van der Waals surface area contributed by atoms with Gasteiger partial charge < -0.3 is 9.94 Å². The van der Waals surface area contributed by atoms with E-state index in [4.69, 9.17) is 16.3 Å². The van der Waals surface area contributed by atoms with Crippen LogP contribution in [0, 0.1) is 5.21 Å². The molecule has 0 spiro atoms. The Morgan fingerprint density at radius 2 is 1.93 bits per heavy atom. The fourth-order valence-electron chi connectivity index (χ4n) is 3.27. The number of halogens is 1. The second-order valence-corrected chi connectivity index (χ2v) is 6.42. The molecule has 2 aromatic carbocycles. The van der Waals surface area contributed by atoms with E-state index in [0.717, 1.165) is 10.4 Å². The van der Waals surface area contributed by atoms with Gasteiger partial charge in [-0.1, -0.05) is 35.9 Å². The van der Waals surface area contributed by atoms with Crippen molar-refractivity contribution in [1.82, 2.24) is 9.55 Å². The summed E-state index contributed by atoms with van der Waals surface area (Å²) in [6.45, 7) is 1.91. The van der Waals surface area contributed by atoms with Crippen molar-refractivity contribution in [1.29, 1.82) is 0 Å². The van der Waals surface area contributed by atoms with Gasteiger partial charge in [-0.2, -0.15) is 4.74 Å². The number of carbonyl (C=O) groups excluding carboxylic acids is 1. The smallest absolute Gasteiger partial charge is 0.359 e. The summed E-state index contributed by atoms with van der Waals surface area (Å²) in [4.78, 5) is 16.5. The van der Waals surface area contributed by atoms with Gasteiger partial charge in [0.15, 0.2) is 12.2 Å². The van der Waals surface area contributed by atoms with Crippen LogP contribution in [0.15, 0.2) is 54.9 Å². The van der Waals surface area contributed by atoms with Crippen LogP contribution in [0.5, 0.6) is 0 Å². The highest BCUT2D eigenvalue weighted by atomic mass is 35.5. The summed E-state index contributed by atoms with van der Waals surface area (Å²) in [5.74, 6) is -0.543. The third-order valence-corrected chi connectivity index (χ3v) is 4.76. The van der Waals surface area contributed by atoms with Crippen molar-refractivity contribution >= 4 is 23.3 Å². The van der Waals surface area contributed by atoms with E-state index in [9.17, 15) is 10.0 Å². The van der Waals surface area contributed by atoms with E-state index in [-0.39, 0.29) is 18.8 Å². The van der Waals surface area contributed by atoms with Crippen LogP contribution >= 0.6 is 11.6 Å². The lowest BCUT2D eigenvalue weighted by atomic mass is 10.0. The van der Waals surface area contributed by atoms with E-state index in [1.165, 1.54) is 0 Å². The molecule has 0 bridgehead atoms. The molecule has 0 N–H and O–H groups in total. The summed E-state index contributed by atoms with van der Waals surface area (Å²) in [6, 6.07) is 14.7. The molecule has 0 aliphatic carbocycles. The van der Waals surface area contributed by atoms with E-state index in [2.05, 4.69) is 4.98 Å². The first-order valence-corrected chi connectivity index (χ1v) is 8.89. The van der Waals surface area contributed by atoms with Gasteiger partial charge in [0.1, 0.15) is 12.0 Å². The van der Waals surface area contributed by atoms with E-state index >= 15 is 0 Å². The van der Waals surface area contributed by atoms with Gasteiger partial charge >= 0.3 is 5.97 Å². The third kappa shape index (κ3) is 2.88. The number of benzene rings is 2. The van der Waals surface area contributed by atoms with Gasteiger partial charge in [0.2, 0.25) is 5.71 Å². The number of fused-ring (bicyclic) bond motifs is 3. The van der Waals surface area contributed by atoms with Crippen molar-refractivity contribution in [3.8, 4) is 5.69 Å². The maximum atomic E-state index is 13.2. The molecular weight excluding hydrogens is 366 g/mol. The van der Waals surface area contributed by atoms with Crippen molar-refractivity contribution in [3.63, 3.8) is 0 Å². The first kappa shape index (κ1) is 17.3. The topological polar surface area (TPSA) is 70.2 Å². The zero-order valence-electron chi connectivity index (χ0n) is 14.6. The fraction of sp³-hybridized carbons (Fsp3) is 0.150. The number of para-hydroxylation sites is 1. The first-order valence-electron chi connectivity index (χ1n) is 8.51. The maximum Gasteiger partial charge on any atom is 0.359 e. The second-order valence-electron chi connectivity index (χ2n) is 6.01. The Kier molecular flexibility index (Phi) is 4.41. The van der Waals surface area contributed by atoms with Gasteiger partial charge in [0.25, 0.3) is 0 Å². The van der Waals surface area contributed by atoms with Crippen LogP contribution in [0.3, 0.4) is 0 Å². The molecule has 0 unspecified atom stereocenters. The average molecular weight is 382 g/mol. The van der Waals surface area contributed by atoms with Crippen molar-refractivity contribution < 1.29 is 14.3 Å². The number of ether oxygens (including phenoxy) is 1. The Bertz CT molecular complexity index is 1070. The summed E-state index contributed by atoms with van der Waals surface area (Å²) in [6.07, 6.45) is 1.55. The lowest BCUT2D eigenvalue weighted by molar-refractivity contribution is -0.474. The summed E-state index contributed by atoms with van der Waals surface area (Å²) in [5.41, 5.74) is 3.19. The standard InChI is InChI=1S/C20H16ClN3O3/c1-2-27-20(25)18-17-11-24(26)19(13-7-3-5-9-15(13)21)14-8-4-6-10-16(14)23(17)12-22-18/h3-10,12H,2,11H2,1H3. The molecule has 7 heteroatoms. The number of hydroxylamine groups is 1. The van der Waals surface area contributed by atoms with E-state index < -0.39 is 5.97 Å². The lowest BCUT2D eigenvalue weighted by Crippen LogP contribution is -2.19. The largest absolute Gasteiger partial charge is 0.623 e. The molecule has 0 saturated heterocycles. The van der Waals surface area contributed by atoms with Gasteiger partial charge in [0, 0.05) is 0 Å². The zero-order valence-corrected chi connectivity index (χ0v) is 15.3. The highest BCUT2D eigenvalue weighted by molar-refractivity contribution is 6.35. The van der Waals surface area contributed by atoms with Crippen molar-refractivity contribution in [2.24, 2.45) is 0 Å². The van der Waals surface area contributed by atoms with Crippen LogP contribution < -0.4 is 0 Å². The number of aromatic nitrogens is 2. The molecule has 0 atom stereocenters. The Hall–Kier alpha value is -3.12. The molecule has 3 aromatic rings. The molecule has 136 valence electrons. The number of imidazole rings is 1. The van der Waals surface area contributed by atoms with Crippen LogP contribution in [0.4, 0.5) is 0 Å². The monoisotopic (exact) mass is 381 g/mol. The molecule has 6 nitrogen and oxygen atoms in total. The Morgan fingerprint density at radius 1 is 1.22 bits per heavy atom. The fourth-order valence-corrected chi connectivity index (χ4v) is 3.49. The molecule has 27 heavy (non-hydrogen) atoms. The molecule has 4 rings (SSSR count). The number of rotatable bonds is 3. The molecule has 2 heterocycles. The normalized spacial score (nSPS) is 13.0. The summed E-state index contributed by atoms with van der Waals surface area (Å²) in [5, 5.41) is 13.6. The van der Waals surface area contributed by atoms with E-state index in [1.807, 2.05) is 42.5 Å². The minimum absolute atomic E-state index is 0.0522. The molecular formula is C20H16ClN3O3. The van der Waals surface area contributed by atoms with Crippen LogP contribution in [-0.2, 0) is 11.3 Å². The number of hydrogen-bond donors (Lipinski definition) is 0. The first-order chi connectivity index (χ1) is 13.1. The third-order valence-electron chi connectivity index (χ3n) is 4.43. The lowest BCUT2D eigenvalue weighted by Gasteiger charge is -2.11. The average Bonchev–Trinajstić information content (AvgIpc) is 3.02. The SMILES string of the molecule is CCOC(=O)c1ncn2c1C[N+]([O-])=C(c1ccccc1Cl)c1ccccc1-2. The van der Waals surface area contributed by atoms with Crippen molar-refractivity contribution in [2.75, 3.05) is 6.61 Å². The highest BCUT2D eigenvalue weighted by Gasteiger charge is 2.31. The molecule has 1 aromatic heterocycles. The highest BCUT2D eigenvalue weighted by Crippen LogP contribution is 2.28. The van der Waals surface area contributed by atoms with E-state index in [0.29, 0.717) is 27.6 Å².